The molecule has 1 amide bonds. The quantitative estimate of drug-likeness (QED) is 0.745. The van der Waals surface area contributed by atoms with Crippen LogP contribution in [0.1, 0.15) is 0 Å². The first-order chi connectivity index (χ1) is 10.2. The summed E-state index contributed by atoms with van der Waals surface area (Å²) in [6.07, 6.45) is 2.84. The van der Waals surface area contributed by atoms with Crippen LogP contribution in [0.15, 0.2) is 59.6 Å². The molecule has 0 radical (unpaired) electrons. The molecule has 0 spiro atoms. The van der Waals surface area contributed by atoms with Crippen LogP contribution < -0.4 is 9.74 Å². The average molecular weight is 299 g/mol. The van der Waals surface area contributed by atoms with E-state index in [-0.39, 0.29) is 0 Å². The van der Waals surface area contributed by atoms with E-state index >= 15 is 0 Å². The maximum absolute atomic E-state index is 12.1. The molecule has 106 valence electrons. The SMILES string of the molecule is CN(C(=O)On1cc(-c2ccsc2)cn1)c1ccccc1. The Kier molecular flexibility index (Phi) is 3.70. The molecule has 2 aromatic heterocycles. The van der Waals surface area contributed by atoms with Crippen LogP contribution in [0.25, 0.3) is 11.1 Å². The molecule has 0 atom stereocenters. The fraction of sp³-hybridized carbons (Fsp3) is 0.0667. The number of benzene rings is 1. The largest absolute Gasteiger partial charge is 0.440 e. The van der Waals surface area contributed by atoms with Crippen molar-refractivity contribution >= 4 is 23.1 Å². The van der Waals surface area contributed by atoms with E-state index in [0.29, 0.717) is 0 Å². The van der Waals surface area contributed by atoms with Crippen LogP contribution in [0.3, 0.4) is 0 Å². The molecule has 0 unspecified atom stereocenters. The molecule has 0 bridgehead atoms. The summed E-state index contributed by atoms with van der Waals surface area (Å²) in [5, 5.41) is 8.04. The predicted molar refractivity (Wildman–Crippen MR) is 82.4 cm³/mol. The molecule has 2 heterocycles. The molecule has 0 saturated carbocycles. The van der Waals surface area contributed by atoms with Crippen molar-refractivity contribution in [1.29, 1.82) is 0 Å². The highest BCUT2D eigenvalue weighted by molar-refractivity contribution is 7.08. The van der Waals surface area contributed by atoms with E-state index in [0.717, 1.165) is 16.8 Å². The fourth-order valence-electron chi connectivity index (χ4n) is 1.83. The Balaban J connectivity index is 1.71. The summed E-state index contributed by atoms with van der Waals surface area (Å²) in [4.78, 5) is 19.9. The number of amides is 1. The third kappa shape index (κ3) is 2.95. The topological polar surface area (TPSA) is 47.4 Å². The number of para-hydroxylation sites is 1. The standard InChI is InChI=1S/C15H13N3O2S/c1-17(14-5-3-2-4-6-14)15(19)20-18-10-13(9-16-18)12-7-8-21-11-12/h2-11H,1H3. The number of thiophene rings is 1. The summed E-state index contributed by atoms with van der Waals surface area (Å²) in [7, 11) is 1.65. The molecular weight excluding hydrogens is 286 g/mol. The van der Waals surface area contributed by atoms with Crippen molar-refractivity contribution in [2.24, 2.45) is 0 Å². The van der Waals surface area contributed by atoms with Gasteiger partial charge in [0.25, 0.3) is 0 Å². The van der Waals surface area contributed by atoms with Crippen LogP contribution >= 0.6 is 11.3 Å². The smallest absolute Gasteiger partial charge is 0.299 e. The van der Waals surface area contributed by atoms with Gasteiger partial charge in [-0.1, -0.05) is 23.0 Å². The lowest BCUT2D eigenvalue weighted by molar-refractivity contribution is 0.124. The number of hydrogen-bond donors (Lipinski definition) is 0. The van der Waals surface area contributed by atoms with Crippen molar-refractivity contribution in [3.63, 3.8) is 0 Å². The normalized spacial score (nSPS) is 10.3. The third-order valence-electron chi connectivity index (χ3n) is 3.00. The maximum atomic E-state index is 12.1. The van der Waals surface area contributed by atoms with Gasteiger partial charge in [-0.15, -0.1) is 5.10 Å². The van der Waals surface area contributed by atoms with E-state index < -0.39 is 6.09 Å². The van der Waals surface area contributed by atoms with E-state index in [4.69, 9.17) is 4.84 Å². The van der Waals surface area contributed by atoms with Crippen molar-refractivity contribution in [3.05, 3.63) is 59.6 Å². The molecule has 5 nitrogen and oxygen atoms in total. The lowest BCUT2D eigenvalue weighted by atomic mass is 10.2. The monoisotopic (exact) mass is 299 g/mol. The number of hydrogen-bond acceptors (Lipinski definition) is 4. The maximum Gasteiger partial charge on any atom is 0.440 e. The number of carbonyl (C=O) groups excluding carboxylic acids is 1. The molecule has 0 aliphatic heterocycles. The van der Waals surface area contributed by atoms with Crippen LogP contribution in [0, 0.1) is 0 Å². The average Bonchev–Trinajstić information content (AvgIpc) is 3.18. The van der Waals surface area contributed by atoms with E-state index in [1.54, 1.807) is 30.8 Å². The van der Waals surface area contributed by atoms with E-state index in [9.17, 15) is 4.79 Å². The zero-order valence-corrected chi connectivity index (χ0v) is 12.2. The molecule has 3 rings (SSSR count). The summed E-state index contributed by atoms with van der Waals surface area (Å²) in [6, 6.07) is 11.3. The number of nitrogens with zero attached hydrogens (tertiary/aromatic N) is 3. The van der Waals surface area contributed by atoms with Crippen molar-refractivity contribution in [3.8, 4) is 11.1 Å². The molecule has 0 fully saturated rings. The molecule has 1 aromatic carbocycles. The van der Waals surface area contributed by atoms with Crippen molar-refractivity contribution in [2.75, 3.05) is 11.9 Å². The molecular formula is C15H13N3O2S. The Hall–Kier alpha value is -2.60. The van der Waals surface area contributed by atoms with Gasteiger partial charge in [-0.05, 0) is 34.5 Å². The van der Waals surface area contributed by atoms with Gasteiger partial charge in [0, 0.05) is 18.3 Å². The van der Waals surface area contributed by atoms with E-state index in [1.807, 2.05) is 47.2 Å². The predicted octanol–water partition coefficient (Wildman–Crippen LogP) is 3.30. The van der Waals surface area contributed by atoms with Crippen molar-refractivity contribution in [1.82, 2.24) is 9.94 Å². The summed E-state index contributed by atoms with van der Waals surface area (Å²) < 4.78 is 0. The van der Waals surface area contributed by atoms with Crippen LogP contribution in [0.2, 0.25) is 0 Å². The highest BCUT2D eigenvalue weighted by Gasteiger charge is 2.14. The zero-order valence-electron chi connectivity index (χ0n) is 11.3. The second kappa shape index (κ2) is 5.80. The van der Waals surface area contributed by atoms with Crippen molar-refractivity contribution in [2.45, 2.75) is 0 Å². The second-order valence-electron chi connectivity index (χ2n) is 4.40. The molecule has 0 aliphatic carbocycles. The Morgan fingerprint density at radius 3 is 2.76 bits per heavy atom. The lowest BCUT2D eigenvalue weighted by Crippen LogP contribution is -2.34. The van der Waals surface area contributed by atoms with Crippen molar-refractivity contribution < 1.29 is 9.63 Å². The van der Waals surface area contributed by atoms with Crippen LogP contribution in [-0.2, 0) is 0 Å². The van der Waals surface area contributed by atoms with Gasteiger partial charge in [-0.25, -0.2) is 4.79 Å². The van der Waals surface area contributed by atoms with Gasteiger partial charge in [0.1, 0.15) is 0 Å². The Bertz CT molecular complexity index is 722. The summed E-state index contributed by atoms with van der Waals surface area (Å²) in [5.41, 5.74) is 2.72. The lowest BCUT2D eigenvalue weighted by Gasteiger charge is -2.15. The Labute approximate surface area is 126 Å². The second-order valence-corrected chi connectivity index (χ2v) is 5.18. The van der Waals surface area contributed by atoms with Gasteiger partial charge >= 0.3 is 6.09 Å². The molecule has 0 aliphatic rings. The van der Waals surface area contributed by atoms with Crippen LogP contribution in [0.5, 0.6) is 0 Å². The Morgan fingerprint density at radius 1 is 1.24 bits per heavy atom. The van der Waals surface area contributed by atoms with E-state index in [2.05, 4.69) is 5.10 Å². The highest BCUT2D eigenvalue weighted by atomic mass is 32.1. The van der Waals surface area contributed by atoms with Gasteiger partial charge < -0.3 is 0 Å². The molecule has 0 N–H and O–H groups in total. The number of aromatic nitrogens is 2. The van der Waals surface area contributed by atoms with E-state index in [1.165, 1.54) is 9.75 Å². The first kappa shape index (κ1) is 13.4. The summed E-state index contributed by atoms with van der Waals surface area (Å²) in [6.45, 7) is 0. The van der Waals surface area contributed by atoms with Gasteiger partial charge in [0.05, 0.1) is 12.4 Å². The molecule has 6 heteroatoms. The van der Waals surface area contributed by atoms with Gasteiger partial charge in [-0.3, -0.25) is 9.74 Å². The molecule has 3 aromatic rings. The summed E-state index contributed by atoms with van der Waals surface area (Å²) in [5.74, 6) is 0. The molecule has 0 saturated heterocycles. The Morgan fingerprint density at radius 2 is 2.05 bits per heavy atom. The minimum Gasteiger partial charge on any atom is -0.299 e. The number of anilines is 1. The minimum absolute atomic E-state index is 0.499. The number of rotatable bonds is 3. The van der Waals surface area contributed by atoms with Gasteiger partial charge in [0.2, 0.25) is 0 Å². The van der Waals surface area contributed by atoms with Gasteiger partial charge in [0.15, 0.2) is 0 Å². The van der Waals surface area contributed by atoms with Crippen LogP contribution in [0.4, 0.5) is 10.5 Å². The number of carbonyl (C=O) groups is 1. The third-order valence-corrected chi connectivity index (χ3v) is 3.69. The zero-order chi connectivity index (χ0) is 14.7. The molecule has 21 heavy (non-hydrogen) atoms. The fourth-order valence-corrected chi connectivity index (χ4v) is 2.50. The van der Waals surface area contributed by atoms with Gasteiger partial charge in [-0.2, -0.15) is 11.3 Å². The summed E-state index contributed by atoms with van der Waals surface area (Å²) >= 11 is 1.61. The first-order valence-corrected chi connectivity index (χ1v) is 7.26. The minimum atomic E-state index is -0.499. The highest BCUT2D eigenvalue weighted by Crippen LogP contribution is 2.20. The van der Waals surface area contributed by atoms with Crippen LogP contribution in [-0.4, -0.2) is 23.1 Å². The first-order valence-electron chi connectivity index (χ1n) is 6.32.